The summed E-state index contributed by atoms with van der Waals surface area (Å²) in [6, 6.07) is 19.3. The van der Waals surface area contributed by atoms with E-state index in [9.17, 15) is 0 Å². The quantitative estimate of drug-likeness (QED) is 0.841. The Kier molecular flexibility index (Phi) is 5.97. The highest BCUT2D eigenvalue weighted by Gasteiger charge is 2.23. The molecule has 0 saturated carbocycles. The lowest BCUT2D eigenvalue weighted by atomic mass is 9.98. The molecule has 21 heavy (non-hydrogen) atoms. The van der Waals surface area contributed by atoms with Crippen molar-refractivity contribution >= 4 is 15.9 Å². The van der Waals surface area contributed by atoms with Crippen LogP contribution < -0.4 is 5.73 Å². The molecule has 0 bridgehead atoms. The molecule has 0 aliphatic carbocycles. The van der Waals surface area contributed by atoms with E-state index in [0.717, 1.165) is 17.6 Å². The Balaban J connectivity index is 2.26. The molecular formula is C18H23BrN2. The minimum absolute atomic E-state index is 0.0722. The maximum absolute atomic E-state index is 6.29. The molecule has 3 heteroatoms. The molecule has 112 valence electrons. The summed E-state index contributed by atoms with van der Waals surface area (Å²) in [4.78, 5) is 2.43. The minimum atomic E-state index is 0.0722. The van der Waals surface area contributed by atoms with Crippen LogP contribution in [0, 0.1) is 0 Å². The normalized spacial score (nSPS) is 14.1. The molecule has 0 aliphatic rings. The topological polar surface area (TPSA) is 29.3 Å². The molecule has 0 spiro atoms. The molecule has 2 aromatic carbocycles. The molecule has 0 fully saturated rings. The van der Waals surface area contributed by atoms with E-state index in [0.29, 0.717) is 0 Å². The van der Waals surface area contributed by atoms with Crippen LogP contribution in [0.1, 0.15) is 31.0 Å². The molecule has 2 aromatic rings. The highest BCUT2D eigenvalue weighted by molar-refractivity contribution is 9.10. The SMILES string of the molecule is CCN(Cc1ccccc1)C(c1cccc(Br)c1)C(C)N. The third-order valence-corrected chi connectivity index (χ3v) is 4.21. The molecular weight excluding hydrogens is 324 g/mol. The third kappa shape index (κ3) is 4.40. The van der Waals surface area contributed by atoms with Crippen LogP contribution in [-0.4, -0.2) is 17.5 Å². The lowest BCUT2D eigenvalue weighted by Crippen LogP contribution is -2.39. The Labute approximate surface area is 136 Å². The molecule has 0 saturated heterocycles. The van der Waals surface area contributed by atoms with Gasteiger partial charge in [0.15, 0.2) is 0 Å². The fourth-order valence-electron chi connectivity index (χ4n) is 2.76. The van der Waals surface area contributed by atoms with Gasteiger partial charge in [-0.25, -0.2) is 0 Å². The second-order valence-corrected chi connectivity index (χ2v) is 6.32. The van der Waals surface area contributed by atoms with Gasteiger partial charge < -0.3 is 5.73 Å². The van der Waals surface area contributed by atoms with Gasteiger partial charge >= 0.3 is 0 Å². The van der Waals surface area contributed by atoms with E-state index in [1.807, 2.05) is 0 Å². The van der Waals surface area contributed by atoms with Crippen LogP contribution in [0.15, 0.2) is 59.1 Å². The standard InChI is InChI=1S/C18H23BrN2/c1-3-21(13-15-8-5-4-6-9-15)18(14(2)20)16-10-7-11-17(19)12-16/h4-12,14,18H,3,13,20H2,1-2H3. The summed E-state index contributed by atoms with van der Waals surface area (Å²) in [5.41, 5.74) is 8.87. The molecule has 2 unspecified atom stereocenters. The summed E-state index contributed by atoms with van der Waals surface area (Å²) in [6.07, 6.45) is 0. The Hall–Kier alpha value is -1.16. The van der Waals surface area contributed by atoms with Crippen molar-refractivity contribution in [3.63, 3.8) is 0 Å². The molecule has 0 heterocycles. The second kappa shape index (κ2) is 7.74. The highest BCUT2D eigenvalue weighted by Crippen LogP contribution is 2.27. The first kappa shape index (κ1) is 16.2. The monoisotopic (exact) mass is 346 g/mol. The van der Waals surface area contributed by atoms with Crippen molar-refractivity contribution in [2.75, 3.05) is 6.54 Å². The van der Waals surface area contributed by atoms with Gasteiger partial charge in [-0.2, -0.15) is 0 Å². The van der Waals surface area contributed by atoms with E-state index >= 15 is 0 Å². The number of likely N-dealkylation sites (N-methyl/N-ethyl adjacent to an activating group) is 1. The average molecular weight is 347 g/mol. The summed E-state index contributed by atoms with van der Waals surface area (Å²) in [7, 11) is 0. The molecule has 2 rings (SSSR count). The van der Waals surface area contributed by atoms with Gasteiger partial charge in [0.05, 0.1) is 0 Å². The Bertz CT molecular complexity index is 554. The van der Waals surface area contributed by atoms with E-state index in [1.165, 1.54) is 11.1 Å². The van der Waals surface area contributed by atoms with Gasteiger partial charge in [-0.05, 0) is 36.7 Å². The zero-order valence-corrected chi connectivity index (χ0v) is 14.3. The highest BCUT2D eigenvalue weighted by atomic mass is 79.9. The van der Waals surface area contributed by atoms with Crippen LogP contribution in [0.2, 0.25) is 0 Å². The first-order chi connectivity index (χ1) is 10.1. The number of benzene rings is 2. The van der Waals surface area contributed by atoms with Gasteiger partial charge in [0.25, 0.3) is 0 Å². The van der Waals surface area contributed by atoms with Crippen LogP contribution in [0.5, 0.6) is 0 Å². The molecule has 0 aromatic heterocycles. The van der Waals surface area contributed by atoms with Crippen molar-refractivity contribution in [3.05, 3.63) is 70.2 Å². The van der Waals surface area contributed by atoms with E-state index in [1.54, 1.807) is 0 Å². The van der Waals surface area contributed by atoms with Crippen LogP contribution in [0.25, 0.3) is 0 Å². The average Bonchev–Trinajstić information content (AvgIpc) is 2.47. The maximum atomic E-state index is 6.29. The van der Waals surface area contributed by atoms with Gasteiger partial charge in [-0.3, -0.25) is 4.90 Å². The van der Waals surface area contributed by atoms with Crippen LogP contribution in [0.4, 0.5) is 0 Å². The fourth-order valence-corrected chi connectivity index (χ4v) is 3.18. The molecule has 0 aliphatic heterocycles. The van der Waals surface area contributed by atoms with Crippen molar-refractivity contribution in [2.24, 2.45) is 5.73 Å². The number of halogens is 1. The van der Waals surface area contributed by atoms with Gasteiger partial charge in [-0.1, -0.05) is 65.3 Å². The first-order valence-electron chi connectivity index (χ1n) is 7.41. The predicted molar refractivity (Wildman–Crippen MR) is 93.1 cm³/mol. The van der Waals surface area contributed by atoms with Crippen LogP contribution in [0.3, 0.4) is 0 Å². The fraction of sp³-hybridized carbons (Fsp3) is 0.333. The summed E-state index contributed by atoms with van der Waals surface area (Å²) < 4.78 is 1.10. The minimum Gasteiger partial charge on any atom is -0.326 e. The van der Waals surface area contributed by atoms with E-state index in [2.05, 4.69) is 89.3 Å². The van der Waals surface area contributed by atoms with E-state index < -0.39 is 0 Å². The molecule has 2 atom stereocenters. The van der Waals surface area contributed by atoms with Gasteiger partial charge in [0, 0.05) is 23.1 Å². The van der Waals surface area contributed by atoms with Gasteiger partial charge in [0.1, 0.15) is 0 Å². The number of hydrogen-bond donors (Lipinski definition) is 1. The maximum Gasteiger partial charge on any atom is 0.0500 e. The first-order valence-corrected chi connectivity index (χ1v) is 8.20. The summed E-state index contributed by atoms with van der Waals surface area (Å²) in [5, 5.41) is 0. The smallest absolute Gasteiger partial charge is 0.0500 e. The van der Waals surface area contributed by atoms with Crippen molar-refractivity contribution in [2.45, 2.75) is 32.5 Å². The second-order valence-electron chi connectivity index (χ2n) is 5.41. The predicted octanol–water partition coefficient (Wildman–Crippen LogP) is 4.36. The summed E-state index contributed by atoms with van der Waals surface area (Å²) in [5.74, 6) is 0. The zero-order valence-electron chi connectivity index (χ0n) is 12.7. The van der Waals surface area contributed by atoms with Crippen molar-refractivity contribution in [1.82, 2.24) is 4.90 Å². The molecule has 0 amide bonds. The largest absolute Gasteiger partial charge is 0.326 e. The summed E-state index contributed by atoms with van der Waals surface area (Å²) in [6.45, 7) is 6.15. The van der Waals surface area contributed by atoms with Crippen molar-refractivity contribution in [3.8, 4) is 0 Å². The van der Waals surface area contributed by atoms with Gasteiger partial charge in [0.2, 0.25) is 0 Å². The van der Waals surface area contributed by atoms with Crippen molar-refractivity contribution in [1.29, 1.82) is 0 Å². The number of nitrogens with two attached hydrogens (primary N) is 1. The lowest BCUT2D eigenvalue weighted by molar-refractivity contribution is 0.177. The Morgan fingerprint density at radius 1 is 1.10 bits per heavy atom. The van der Waals surface area contributed by atoms with Crippen LogP contribution >= 0.6 is 15.9 Å². The van der Waals surface area contributed by atoms with E-state index in [4.69, 9.17) is 5.73 Å². The zero-order chi connectivity index (χ0) is 15.2. The Morgan fingerprint density at radius 3 is 2.38 bits per heavy atom. The van der Waals surface area contributed by atoms with Crippen LogP contribution in [-0.2, 0) is 6.54 Å². The molecule has 2 N–H and O–H groups in total. The van der Waals surface area contributed by atoms with E-state index in [-0.39, 0.29) is 12.1 Å². The molecule has 0 radical (unpaired) electrons. The number of hydrogen-bond acceptors (Lipinski definition) is 2. The third-order valence-electron chi connectivity index (χ3n) is 3.72. The summed E-state index contributed by atoms with van der Waals surface area (Å²) >= 11 is 3.56. The molecule has 2 nitrogen and oxygen atoms in total. The lowest BCUT2D eigenvalue weighted by Gasteiger charge is -2.34. The Morgan fingerprint density at radius 2 is 1.81 bits per heavy atom. The van der Waals surface area contributed by atoms with Crippen molar-refractivity contribution < 1.29 is 0 Å². The number of nitrogens with zero attached hydrogens (tertiary/aromatic N) is 1. The number of rotatable bonds is 6. The van der Waals surface area contributed by atoms with Gasteiger partial charge in [-0.15, -0.1) is 0 Å².